The summed E-state index contributed by atoms with van der Waals surface area (Å²) < 4.78 is 5.20. The molecule has 2 saturated carbocycles. The minimum atomic E-state index is 0.645. The van der Waals surface area contributed by atoms with Crippen molar-refractivity contribution < 1.29 is 4.74 Å². The summed E-state index contributed by atoms with van der Waals surface area (Å²) in [6, 6.07) is 9.16. The molecule has 3 unspecified atom stereocenters. The highest BCUT2D eigenvalue weighted by Gasteiger charge is 2.47. The van der Waals surface area contributed by atoms with E-state index in [0.29, 0.717) is 6.04 Å². The van der Waals surface area contributed by atoms with Crippen molar-refractivity contribution in [3.8, 4) is 5.75 Å². The summed E-state index contributed by atoms with van der Waals surface area (Å²) in [7, 11) is 3.83. The van der Waals surface area contributed by atoms with Crippen molar-refractivity contribution in [1.82, 2.24) is 5.32 Å². The lowest BCUT2D eigenvalue weighted by atomic mass is 9.90. The van der Waals surface area contributed by atoms with E-state index in [2.05, 4.69) is 36.6 Å². The molecule has 0 aliphatic heterocycles. The number of ether oxygens (including phenoxy) is 1. The maximum absolute atomic E-state index is 5.20. The van der Waals surface area contributed by atoms with Crippen molar-refractivity contribution >= 4 is 0 Å². The molecule has 3 rings (SSSR count). The topological polar surface area (TPSA) is 21.3 Å². The van der Waals surface area contributed by atoms with Gasteiger partial charge in [0.25, 0.3) is 0 Å². The number of methoxy groups -OCH3 is 1. The smallest absolute Gasteiger partial charge is 0.118 e. The Morgan fingerprint density at radius 2 is 1.83 bits per heavy atom. The summed E-state index contributed by atoms with van der Waals surface area (Å²) in [5.41, 5.74) is 1.41. The molecular formula is C16H23NO. The number of hydrogen-bond acceptors (Lipinski definition) is 2. The maximum Gasteiger partial charge on any atom is 0.118 e. The lowest BCUT2D eigenvalue weighted by Crippen LogP contribution is -2.35. The van der Waals surface area contributed by atoms with Crippen LogP contribution in [0.5, 0.6) is 5.75 Å². The van der Waals surface area contributed by atoms with Crippen molar-refractivity contribution in [3.05, 3.63) is 29.8 Å². The van der Waals surface area contributed by atoms with Crippen LogP contribution in [0.15, 0.2) is 24.3 Å². The Morgan fingerprint density at radius 3 is 2.39 bits per heavy atom. The van der Waals surface area contributed by atoms with Crippen molar-refractivity contribution in [3.63, 3.8) is 0 Å². The number of hydrogen-bond donors (Lipinski definition) is 1. The first-order valence-corrected chi connectivity index (χ1v) is 7.10. The van der Waals surface area contributed by atoms with Gasteiger partial charge in [0.2, 0.25) is 0 Å². The van der Waals surface area contributed by atoms with Crippen LogP contribution in [0, 0.1) is 17.8 Å². The van der Waals surface area contributed by atoms with Crippen LogP contribution >= 0.6 is 0 Å². The average Bonchev–Trinajstić information content (AvgIpc) is 3.03. The zero-order chi connectivity index (χ0) is 12.5. The fourth-order valence-corrected chi connectivity index (χ4v) is 3.61. The Bertz CT molecular complexity index is 390. The highest BCUT2D eigenvalue weighted by Crippen LogP contribution is 2.55. The maximum atomic E-state index is 5.20. The first kappa shape index (κ1) is 12.0. The molecule has 0 spiro atoms. The first-order chi connectivity index (χ1) is 8.80. The highest BCUT2D eigenvalue weighted by molar-refractivity contribution is 5.27. The number of nitrogens with one attached hydrogen (secondary N) is 1. The summed E-state index contributed by atoms with van der Waals surface area (Å²) in [6.45, 7) is 0. The van der Waals surface area contributed by atoms with Gasteiger partial charge in [0.05, 0.1) is 7.11 Å². The second kappa shape index (κ2) is 4.93. The normalized spacial score (nSPS) is 30.9. The Morgan fingerprint density at radius 1 is 1.17 bits per heavy atom. The van der Waals surface area contributed by atoms with E-state index < -0.39 is 0 Å². The van der Waals surface area contributed by atoms with Gasteiger partial charge in [-0.3, -0.25) is 0 Å². The number of benzene rings is 1. The molecule has 0 amide bonds. The Balaban J connectivity index is 1.61. The van der Waals surface area contributed by atoms with Gasteiger partial charge >= 0.3 is 0 Å². The predicted molar refractivity (Wildman–Crippen MR) is 73.9 cm³/mol. The van der Waals surface area contributed by atoms with E-state index in [1.807, 2.05) is 0 Å². The van der Waals surface area contributed by atoms with Crippen molar-refractivity contribution in [2.75, 3.05) is 14.2 Å². The molecule has 1 aromatic rings. The van der Waals surface area contributed by atoms with Crippen molar-refractivity contribution in [2.24, 2.45) is 17.8 Å². The summed E-state index contributed by atoms with van der Waals surface area (Å²) in [6.07, 6.45) is 5.55. The molecule has 0 saturated heterocycles. The molecule has 3 atom stereocenters. The third-order valence-corrected chi connectivity index (χ3v) is 4.83. The monoisotopic (exact) mass is 245 g/mol. The standard InChI is InChI=1S/C16H23NO/c1-17-16(14-9-12-8-13(12)10-14)7-11-3-5-15(18-2)6-4-11/h3-6,12-14,16-17H,7-10H2,1-2H3. The molecule has 2 aliphatic rings. The molecule has 1 aromatic carbocycles. The summed E-state index contributed by atoms with van der Waals surface area (Å²) in [4.78, 5) is 0. The van der Waals surface area contributed by atoms with Crippen LogP contribution in [0.4, 0.5) is 0 Å². The second-order valence-electron chi connectivity index (χ2n) is 5.93. The van der Waals surface area contributed by atoms with Crippen LogP contribution in [0.1, 0.15) is 24.8 Å². The minimum absolute atomic E-state index is 0.645. The van der Waals surface area contributed by atoms with Gasteiger partial charge in [0.15, 0.2) is 0 Å². The quantitative estimate of drug-likeness (QED) is 0.861. The molecule has 2 nitrogen and oxygen atoms in total. The minimum Gasteiger partial charge on any atom is -0.497 e. The van der Waals surface area contributed by atoms with Gasteiger partial charge in [-0.1, -0.05) is 12.1 Å². The average molecular weight is 245 g/mol. The summed E-state index contributed by atoms with van der Waals surface area (Å²) >= 11 is 0. The highest BCUT2D eigenvalue weighted by atomic mass is 16.5. The molecular weight excluding hydrogens is 222 g/mol. The van der Waals surface area contributed by atoms with Gasteiger partial charge in [-0.2, -0.15) is 0 Å². The molecule has 2 aliphatic carbocycles. The third kappa shape index (κ3) is 2.39. The summed E-state index contributed by atoms with van der Waals surface area (Å²) in [5, 5.41) is 3.53. The molecule has 0 radical (unpaired) electrons. The van der Waals surface area contributed by atoms with Gasteiger partial charge in [-0.25, -0.2) is 0 Å². The molecule has 0 aromatic heterocycles. The molecule has 98 valence electrons. The fourth-order valence-electron chi connectivity index (χ4n) is 3.61. The van der Waals surface area contributed by atoms with E-state index in [-0.39, 0.29) is 0 Å². The SMILES string of the molecule is CNC(Cc1ccc(OC)cc1)C1CC2CC2C1. The Hall–Kier alpha value is -1.02. The number of fused-ring (bicyclic) bond motifs is 1. The molecule has 0 heterocycles. The van der Waals surface area contributed by atoms with Gasteiger partial charge in [-0.05, 0) is 68.2 Å². The lowest BCUT2D eigenvalue weighted by molar-refractivity contribution is 0.349. The van der Waals surface area contributed by atoms with Crippen LogP contribution in [-0.4, -0.2) is 20.2 Å². The van der Waals surface area contributed by atoms with E-state index in [1.165, 1.54) is 24.8 Å². The molecule has 0 bridgehead atoms. The molecule has 18 heavy (non-hydrogen) atoms. The predicted octanol–water partition coefficient (Wildman–Crippen LogP) is 2.87. The van der Waals surface area contributed by atoms with E-state index in [9.17, 15) is 0 Å². The lowest BCUT2D eigenvalue weighted by Gasteiger charge is -2.24. The van der Waals surface area contributed by atoms with Crippen LogP contribution in [0.3, 0.4) is 0 Å². The fraction of sp³-hybridized carbons (Fsp3) is 0.625. The first-order valence-electron chi connectivity index (χ1n) is 7.10. The van der Waals surface area contributed by atoms with E-state index >= 15 is 0 Å². The van der Waals surface area contributed by atoms with E-state index in [0.717, 1.165) is 29.9 Å². The Kier molecular flexibility index (Phi) is 3.29. The van der Waals surface area contributed by atoms with Crippen molar-refractivity contribution in [2.45, 2.75) is 31.7 Å². The summed E-state index contributed by atoms with van der Waals surface area (Å²) in [5.74, 6) is 3.98. The van der Waals surface area contributed by atoms with Crippen LogP contribution in [0.2, 0.25) is 0 Å². The molecule has 1 N–H and O–H groups in total. The number of rotatable bonds is 5. The third-order valence-electron chi connectivity index (χ3n) is 4.83. The largest absolute Gasteiger partial charge is 0.497 e. The van der Waals surface area contributed by atoms with Gasteiger partial charge in [0, 0.05) is 6.04 Å². The Labute approximate surface area is 110 Å². The van der Waals surface area contributed by atoms with Gasteiger partial charge < -0.3 is 10.1 Å². The van der Waals surface area contributed by atoms with Crippen LogP contribution < -0.4 is 10.1 Å². The zero-order valence-corrected chi connectivity index (χ0v) is 11.4. The van der Waals surface area contributed by atoms with E-state index in [4.69, 9.17) is 4.74 Å². The van der Waals surface area contributed by atoms with Crippen LogP contribution in [0.25, 0.3) is 0 Å². The van der Waals surface area contributed by atoms with Gasteiger partial charge in [-0.15, -0.1) is 0 Å². The van der Waals surface area contributed by atoms with Crippen molar-refractivity contribution in [1.29, 1.82) is 0 Å². The number of likely N-dealkylation sites (N-methyl/N-ethyl adjacent to an activating group) is 1. The van der Waals surface area contributed by atoms with Crippen LogP contribution in [-0.2, 0) is 6.42 Å². The second-order valence-corrected chi connectivity index (χ2v) is 5.93. The molecule has 2 fully saturated rings. The van der Waals surface area contributed by atoms with E-state index in [1.54, 1.807) is 7.11 Å². The van der Waals surface area contributed by atoms with Gasteiger partial charge in [0.1, 0.15) is 5.75 Å². The zero-order valence-electron chi connectivity index (χ0n) is 11.4. The molecule has 2 heteroatoms.